The SMILES string of the molecule is c1ccc(-c2cc(-c3ccc(-c4cccnc4)cc3)nc(-c3ccc(-c4ccc(-c5cccc6oc7ccccc7c56)c5oc6ccccc6c45)cc3)n2)cc1. The first-order valence-corrected chi connectivity index (χ1v) is 18.7. The van der Waals surface area contributed by atoms with Gasteiger partial charge in [0.25, 0.3) is 0 Å². The van der Waals surface area contributed by atoms with Crippen LogP contribution in [0.4, 0.5) is 0 Å². The van der Waals surface area contributed by atoms with Crippen molar-refractivity contribution in [3.05, 3.63) is 188 Å². The Bertz CT molecular complexity index is 3220. The predicted molar refractivity (Wildman–Crippen MR) is 227 cm³/mol. The summed E-state index contributed by atoms with van der Waals surface area (Å²) in [5.74, 6) is 0.666. The second-order valence-electron chi connectivity index (χ2n) is 14.0. The van der Waals surface area contributed by atoms with Gasteiger partial charge in [0, 0.05) is 56.2 Å². The average Bonchev–Trinajstić information content (AvgIpc) is 3.86. The maximum Gasteiger partial charge on any atom is 0.160 e. The normalized spacial score (nSPS) is 11.6. The predicted octanol–water partition coefficient (Wildman–Crippen LogP) is 13.7. The minimum Gasteiger partial charge on any atom is -0.456 e. The Morgan fingerprint density at radius 3 is 1.70 bits per heavy atom. The monoisotopic (exact) mass is 717 g/mol. The third-order valence-electron chi connectivity index (χ3n) is 10.6. The van der Waals surface area contributed by atoms with Crippen molar-refractivity contribution >= 4 is 43.9 Å². The second-order valence-corrected chi connectivity index (χ2v) is 14.0. The van der Waals surface area contributed by atoms with Gasteiger partial charge in [-0.3, -0.25) is 4.98 Å². The lowest BCUT2D eigenvalue weighted by Gasteiger charge is -2.12. The Kier molecular flexibility index (Phi) is 7.42. The third-order valence-corrected chi connectivity index (χ3v) is 10.6. The van der Waals surface area contributed by atoms with E-state index >= 15 is 0 Å². The molecule has 0 aliphatic rings. The van der Waals surface area contributed by atoms with Gasteiger partial charge < -0.3 is 8.83 Å². The van der Waals surface area contributed by atoms with Crippen molar-refractivity contribution in [1.29, 1.82) is 0 Å². The van der Waals surface area contributed by atoms with Gasteiger partial charge in [0.2, 0.25) is 0 Å². The summed E-state index contributed by atoms with van der Waals surface area (Å²) in [5.41, 5.74) is 14.6. The molecule has 0 saturated heterocycles. The van der Waals surface area contributed by atoms with Gasteiger partial charge in [0.15, 0.2) is 5.82 Å². The summed E-state index contributed by atoms with van der Waals surface area (Å²) in [7, 11) is 0. The molecule has 0 atom stereocenters. The van der Waals surface area contributed by atoms with Crippen molar-refractivity contribution in [3.63, 3.8) is 0 Å². The number of fused-ring (bicyclic) bond motifs is 6. The molecule has 11 aromatic rings. The van der Waals surface area contributed by atoms with Crippen LogP contribution in [0.5, 0.6) is 0 Å². The minimum atomic E-state index is 0.666. The van der Waals surface area contributed by atoms with E-state index < -0.39 is 0 Å². The average molecular weight is 718 g/mol. The zero-order valence-electron chi connectivity index (χ0n) is 30.1. The summed E-state index contributed by atoms with van der Waals surface area (Å²) >= 11 is 0. The van der Waals surface area contributed by atoms with Gasteiger partial charge in [0.1, 0.15) is 22.3 Å². The van der Waals surface area contributed by atoms with Crippen LogP contribution in [0.25, 0.3) is 111 Å². The third kappa shape index (κ3) is 5.37. The lowest BCUT2D eigenvalue weighted by molar-refractivity contribution is 0.668. The van der Waals surface area contributed by atoms with Gasteiger partial charge in [0.05, 0.1) is 11.4 Å². The van der Waals surface area contributed by atoms with Gasteiger partial charge in [-0.15, -0.1) is 0 Å². The highest BCUT2D eigenvalue weighted by molar-refractivity contribution is 6.20. The highest BCUT2D eigenvalue weighted by atomic mass is 16.3. The van der Waals surface area contributed by atoms with Gasteiger partial charge >= 0.3 is 0 Å². The van der Waals surface area contributed by atoms with E-state index in [-0.39, 0.29) is 0 Å². The van der Waals surface area contributed by atoms with Crippen molar-refractivity contribution in [2.45, 2.75) is 0 Å². The highest BCUT2D eigenvalue weighted by Crippen LogP contribution is 2.45. The molecule has 11 rings (SSSR count). The molecule has 0 bridgehead atoms. The first-order valence-electron chi connectivity index (χ1n) is 18.7. The summed E-state index contributed by atoms with van der Waals surface area (Å²) in [6.07, 6.45) is 3.67. The molecule has 0 radical (unpaired) electrons. The molecule has 262 valence electrons. The molecular formula is C51H31N3O2. The number of benzene rings is 7. The molecule has 0 fully saturated rings. The molecule has 5 heteroatoms. The largest absolute Gasteiger partial charge is 0.456 e. The lowest BCUT2D eigenvalue weighted by atomic mass is 9.92. The fourth-order valence-corrected chi connectivity index (χ4v) is 7.93. The number of rotatable bonds is 6. The van der Waals surface area contributed by atoms with E-state index in [0.29, 0.717) is 5.82 Å². The van der Waals surface area contributed by atoms with Gasteiger partial charge in [-0.2, -0.15) is 0 Å². The Balaban J connectivity index is 1.03. The topological polar surface area (TPSA) is 65.0 Å². The van der Waals surface area contributed by atoms with Crippen LogP contribution in [0, 0.1) is 0 Å². The van der Waals surface area contributed by atoms with E-state index in [1.165, 1.54) is 0 Å². The van der Waals surface area contributed by atoms with E-state index in [2.05, 4.69) is 126 Å². The molecule has 7 aromatic carbocycles. The second kappa shape index (κ2) is 13.0. The minimum absolute atomic E-state index is 0.666. The maximum atomic E-state index is 6.72. The molecule has 4 heterocycles. The molecule has 56 heavy (non-hydrogen) atoms. The Labute approximate surface area is 322 Å². The zero-order valence-corrected chi connectivity index (χ0v) is 30.1. The first kappa shape index (κ1) is 31.9. The maximum absolute atomic E-state index is 6.72. The fraction of sp³-hybridized carbons (Fsp3) is 0. The van der Waals surface area contributed by atoms with Crippen LogP contribution in [0.2, 0.25) is 0 Å². The molecule has 0 N–H and O–H groups in total. The fourth-order valence-electron chi connectivity index (χ4n) is 7.93. The van der Waals surface area contributed by atoms with Gasteiger partial charge in [-0.05, 0) is 64.2 Å². The molecule has 4 aromatic heterocycles. The molecule has 0 amide bonds. The van der Waals surface area contributed by atoms with Crippen molar-refractivity contribution in [3.8, 4) is 67.3 Å². The molecule has 0 aliphatic carbocycles. The van der Waals surface area contributed by atoms with Crippen LogP contribution in [0.3, 0.4) is 0 Å². The van der Waals surface area contributed by atoms with Crippen LogP contribution in [-0.2, 0) is 0 Å². The van der Waals surface area contributed by atoms with E-state index in [4.69, 9.17) is 18.8 Å². The highest BCUT2D eigenvalue weighted by Gasteiger charge is 2.21. The quantitative estimate of drug-likeness (QED) is 0.171. The summed E-state index contributed by atoms with van der Waals surface area (Å²) in [6.45, 7) is 0. The van der Waals surface area contributed by atoms with Crippen molar-refractivity contribution in [1.82, 2.24) is 15.0 Å². The van der Waals surface area contributed by atoms with Gasteiger partial charge in [-0.1, -0.05) is 140 Å². The summed E-state index contributed by atoms with van der Waals surface area (Å²) in [6, 6.07) is 60.6. The molecule has 0 aliphatic heterocycles. The smallest absolute Gasteiger partial charge is 0.160 e. The molecular weight excluding hydrogens is 687 g/mol. The molecule has 0 unspecified atom stereocenters. The Morgan fingerprint density at radius 2 is 0.946 bits per heavy atom. The van der Waals surface area contributed by atoms with E-state index in [0.717, 1.165) is 105 Å². The summed E-state index contributed by atoms with van der Waals surface area (Å²) < 4.78 is 13.0. The molecule has 0 saturated carbocycles. The van der Waals surface area contributed by atoms with E-state index in [1.54, 1.807) is 6.20 Å². The number of nitrogens with zero attached hydrogens (tertiary/aromatic N) is 3. The summed E-state index contributed by atoms with van der Waals surface area (Å²) in [4.78, 5) is 14.5. The molecule has 5 nitrogen and oxygen atoms in total. The summed E-state index contributed by atoms with van der Waals surface area (Å²) in [5, 5.41) is 4.33. The van der Waals surface area contributed by atoms with Crippen LogP contribution in [0.1, 0.15) is 0 Å². The number of pyridine rings is 1. The Hall–Kier alpha value is -7.63. The molecule has 0 spiro atoms. The van der Waals surface area contributed by atoms with Crippen LogP contribution >= 0.6 is 0 Å². The number of para-hydroxylation sites is 2. The number of hydrogen-bond acceptors (Lipinski definition) is 5. The van der Waals surface area contributed by atoms with Crippen molar-refractivity contribution in [2.24, 2.45) is 0 Å². The van der Waals surface area contributed by atoms with Crippen LogP contribution in [-0.4, -0.2) is 15.0 Å². The van der Waals surface area contributed by atoms with Crippen molar-refractivity contribution < 1.29 is 8.83 Å². The van der Waals surface area contributed by atoms with Crippen molar-refractivity contribution in [2.75, 3.05) is 0 Å². The standard InChI is InChI=1S/C51H31N3O2/c1-2-10-34(11-3-1)43-30-44(35-23-19-32(20-24-35)37-12-9-29-52-31-37)54-51(53-43)36-25-21-33(22-26-36)38-27-28-40(50-49(38)42-14-5-7-17-46(42)56-50)39-15-8-18-47-48(39)41-13-4-6-16-45(41)55-47/h1-31H. The van der Waals surface area contributed by atoms with E-state index in [1.807, 2.05) is 60.8 Å². The Morgan fingerprint density at radius 1 is 0.357 bits per heavy atom. The zero-order chi connectivity index (χ0) is 37.0. The van der Waals surface area contributed by atoms with Crippen LogP contribution in [0.15, 0.2) is 197 Å². The number of hydrogen-bond donors (Lipinski definition) is 0. The first-order chi connectivity index (χ1) is 27.7. The van der Waals surface area contributed by atoms with Crippen LogP contribution < -0.4 is 0 Å². The number of furan rings is 2. The lowest BCUT2D eigenvalue weighted by Crippen LogP contribution is -1.96. The number of aromatic nitrogens is 3. The van der Waals surface area contributed by atoms with E-state index in [9.17, 15) is 0 Å². The van der Waals surface area contributed by atoms with Gasteiger partial charge in [-0.25, -0.2) is 9.97 Å².